The first-order valence-corrected chi connectivity index (χ1v) is 11.1. The van der Waals surface area contributed by atoms with Crippen molar-refractivity contribution in [2.24, 2.45) is 0 Å². The highest BCUT2D eigenvalue weighted by atomic mass is 16.7. The van der Waals surface area contributed by atoms with Crippen molar-refractivity contribution in [1.29, 1.82) is 0 Å². The van der Waals surface area contributed by atoms with Gasteiger partial charge in [-0.15, -0.1) is 0 Å². The van der Waals surface area contributed by atoms with E-state index in [9.17, 15) is 29.7 Å². The van der Waals surface area contributed by atoms with Gasteiger partial charge in [0.25, 0.3) is 0 Å². The number of hydrogen-bond acceptors (Lipinski definition) is 10. The van der Waals surface area contributed by atoms with Crippen LogP contribution in [0.4, 0.5) is 4.79 Å². The van der Waals surface area contributed by atoms with Crippen LogP contribution in [0.1, 0.15) is 45.6 Å². The van der Waals surface area contributed by atoms with E-state index in [1.807, 2.05) is 0 Å². The van der Waals surface area contributed by atoms with Crippen molar-refractivity contribution in [3.8, 4) is 5.75 Å². The third-order valence-corrected chi connectivity index (χ3v) is 4.99. The van der Waals surface area contributed by atoms with Crippen LogP contribution >= 0.6 is 0 Å². The lowest BCUT2D eigenvalue weighted by Crippen LogP contribution is -2.51. The fourth-order valence-electron chi connectivity index (χ4n) is 3.20. The Balaban J connectivity index is 1.85. The molecule has 11 heteroatoms. The molecule has 4 N–H and O–H groups in total. The molecule has 0 aliphatic carbocycles. The first-order valence-electron chi connectivity index (χ1n) is 11.1. The van der Waals surface area contributed by atoms with Gasteiger partial charge < -0.3 is 44.4 Å². The molecule has 1 amide bonds. The molecular formula is C23H33NO10. The van der Waals surface area contributed by atoms with Gasteiger partial charge in [-0.2, -0.15) is 0 Å². The van der Waals surface area contributed by atoms with E-state index < -0.39 is 49.3 Å². The molecule has 5 atom stereocenters. The average molecular weight is 484 g/mol. The number of carbonyl (C=O) groups is 3. The maximum Gasteiger partial charge on any atom is 0.408 e. The van der Waals surface area contributed by atoms with E-state index in [2.05, 4.69) is 5.32 Å². The molecule has 1 heterocycles. The summed E-state index contributed by atoms with van der Waals surface area (Å²) in [6.07, 6.45) is -5.01. The molecule has 0 saturated carbocycles. The second-order valence-electron chi connectivity index (χ2n) is 8.34. The van der Waals surface area contributed by atoms with Crippen molar-refractivity contribution in [3.63, 3.8) is 0 Å². The van der Waals surface area contributed by atoms with Gasteiger partial charge in [-0.1, -0.05) is 12.1 Å². The van der Waals surface area contributed by atoms with Gasteiger partial charge in [-0.25, -0.2) is 9.59 Å². The Kier molecular flexibility index (Phi) is 10.7. The van der Waals surface area contributed by atoms with Crippen LogP contribution in [0.5, 0.6) is 5.75 Å². The lowest BCUT2D eigenvalue weighted by atomic mass is 10.0. The molecular weight excluding hydrogens is 450 g/mol. The van der Waals surface area contributed by atoms with E-state index in [1.165, 1.54) is 6.92 Å². The average Bonchev–Trinajstić information content (AvgIpc) is 2.77. The summed E-state index contributed by atoms with van der Waals surface area (Å²) in [5.74, 6) is -0.337. The standard InChI is InChI=1S/C23H33NO10/c1-13(2)32-22(29)17(9-4-14(3)26)24-23(30)31-12-15-5-7-16(8-6-15)33-20-10-18(27)21(28)19(11-25)34-20/h5-8,13,17-21,25,27-28H,4,9-12H2,1-3H3,(H,24,30)/t17-,18+,19+,20-,21+/m0/s1. The predicted molar refractivity (Wildman–Crippen MR) is 118 cm³/mol. The maximum atomic E-state index is 12.2. The second-order valence-corrected chi connectivity index (χ2v) is 8.34. The zero-order valence-corrected chi connectivity index (χ0v) is 19.5. The van der Waals surface area contributed by atoms with E-state index in [-0.39, 0.29) is 37.8 Å². The zero-order valence-electron chi connectivity index (χ0n) is 19.5. The summed E-state index contributed by atoms with van der Waals surface area (Å²) in [4.78, 5) is 35.6. The van der Waals surface area contributed by atoms with Gasteiger partial charge >= 0.3 is 12.1 Å². The van der Waals surface area contributed by atoms with Gasteiger partial charge in [0, 0.05) is 12.8 Å². The summed E-state index contributed by atoms with van der Waals surface area (Å²) < 4.78 is 21.4. The number of amides is 1. The fourth-order valence-corrected chi connectivity index (χ4v) is 3.20. The summed E-state index contributed by atoms with van der Waals surface area (Å²) in [6, 6.07) is 5.53. The van der Waals surface area contributed by atoms with Crippen LogP contribution in [-0.2, 0) is 30.4 Å². The lowest BCUT2D eigenvalue weighted by molar-refractivity contribution is -0.229. The highest BCUT2D eigenvalue weighted by molar-refractivity contribution is 5.82. The number of alkyl carbamates (subject to hydrolysis) is 1. The van der Waals surface area contributed by atoms with Crippen LogP contribution in [0.25, 0.3) is 0 Å². The Morgan fingerprint density at radius 3 is 2.44 bits per heavy atom. The summed E-state index contributed by atoms with van der Waals surface area (Å²) in [6.45, 7) is 4.22. The van der Waals surface area contributed by atoms with Crippen LogP contribution in [0.3, 0.4) is 0 Å². The number of nitrogens with one attached hydrogen (secondary N) is 1. The van der Waals surface area contributed by atoms with Crippen molar-refractivity contribution >= 4 is 17.8 Å². The normalized spacial score (nSPS) is 23.1. The Bertz CT molecular complexity index is 812. The van der Waals surface area contributed by atoms with E-state index in [1.54, 1.807) is 38.1 Å². The topological polar surface area (TPSA) is 161 Å². The summed E-state index contributed by atoms with van der Waals surface area (Å²) in [5, 5.41) is 31.3. The first kappa shape index (κ1) is 27.5. The Labute approximate surface area is 198 Å². The molecule has 0 aromatic heterocycles. The number of hydrogen-bond donors (Lipinski definition) is 4. The van der Waals surface area contributed by atoms with Crippen molar-refractivity contribution < 1.29 is 48.7 Å². The highest BCUT2D eigenvalue weighted by Crippen LogP contribution is 2.24. The van der Waals surface area contributed by atoms with Crippen molar-refractivity contribution in [3.05, 3.63) is 29.8 Å². The van der Waals surface area contributed by atoms with Crippen LogP contribution in [0.2, 0.25) is 0 Å². The number of aliphatic hydroxyl groups is 3. The molecule has 0 radical (unpaired) electrons. The van der Waals surface area contributed by atoms with E-state index in [0.29, 0.717) is 11.3 Å². The molecule has 0 spiro atoms. The molecule has 34 heavy (non-hydrogen) atoms. The lowest BCUT2D eigenvalue weighted by Gasteiger charge is -2.36. The fraction of sp³-hybridized carbons (Fsp3) is 0.609. The molecule has 1 aliphatic heterocycles. The highest BCUT2D eigenvalue weighted by Gasteiger charge is 2.37. The van der Waals surface area contributed by atoms with Gasteiger partial charge in [0.15, 0.2) is 0 Å². The van der Waals surface area contributed by atoms with Crippen LogP contribution in [0.15, 0.2) is 24.3 Å². The third-order valence-electron chi connectivity index (χ3n) is 4.99. The van der Waals surface area contributed by atoms with Gasteiger partial charge in [-0.3, -0.25) is 0 Å². The van der Waals surface area contributed by atoms with Crippen molar-refractivity contribution in [2.45, 2.75) is 83.4 Å². The number of benzene rings is 1. The van der Waals surface area contributed by atoms with Crippen molar-refractivity contribution in [2.75, 3.05) is 6.61 Å². The minimum atomic E-state index is -1.19. The maximum absolute atomic E-state index is 12.2. The monoisotopic (exact) mass is 483 g/mol. The summed E-state index contributed by atoms with van der Waals surface area (Å²) >= 11 is 0. The Hall–Kier alpha value is -2.73. The molecule has 1 saturated heterocycles. The minimum Gasteiger partial charge on any atom is -0.465 e. The van der Waals surface area contributed by atoms with Gasteiger partial charge in [0.2, 0.25) is 6.29 Å². The quantitative estimate of drug-likeness (QED) is 0.332. The molecule has 0 bridgehead atoms. The third kappa shape index (κ3) is 8.90. The van der Waals surface area contributed by atoms with Gasteiger partial charge in [0.05, 0.1) is 18.8 Å². The number of ether oxygens (including phenoxy) is 4. The second kappa shape index (κ2) is 13.2. The first-order chi connectivity index (χ1) is 16.1. The number of aliphatic hydroxyl groups excluding tert-OH is 3. The Morgan fingerprint density at radius 1 is 1.18 bits per heavy atom. The summed E-state index contributed by atoms with van der Waals surface area (Å²) in [7, 11) is 0. The van der Waals surface area contributed by atoms with E-state index in [4.69, 9.17) is 18.9 Å². The number of carbonyl (C=O) groups excluding carboxylic acids is 3. The minimum absolute atomic E-state index is 0.0345. The van der Waals surface area contributed by atoms with Gasteiger partial charge in [-0.05, 0) is 44.9 Å². The Morgan fingerprint density at radius 2 is 1.85 bits per heavy atom. The number of ketones is 1. The molecule has 2 rings (SSSR count). The smallest absolute Gasteiger partial charge is 0.408 e. The largest absolute Gasteiger partial charge is 0.465 e. The molecule has 1 aliphatic rings. The van der Waals surface area contributed by atoms with E-state index in [0.717, 1.165) is 0 Å². The molecule has 1 aromatic rings. The zero-order chi connectivity index (χ0) is 25.3. The molecule has 11 nitrogen and oxygen atoms in total. The SMILES string of the molecule is CC(=O)CC[C@H](NC(=O)OCc1ccc(O[C@@H]2C[C@@H](O)[C@@H](O)[C@@H](CO)O2)cc1)C(=O)OC(C)C. The summed E-state index contributed by atoms with van der Waals surface area (Å²) in [5.41, 5.74) is 0.640. The molecule has 1 aromatic carbocycles. The van der Waals surface area contributed by atoms with Crippen molar-refractivity contribution in [1.82, 2.24) is 5.32 Å². The molecule has 1 fully saturated rings. The number of rotatable bonds is 11. The van der Waals surface area contributed by atoms with Gasteiger partial charge in [0.1, 0.15) is 36.4 Å². The molecule has 0 unspecified atom stereocenters. The predicted octanol–water partition coefficient (Wildman–Crippen LogP) is 0.810. The molecule has 190 valence electrons. The van der Waals surface area contributed by atoms with Crippen LogP contribution < -0.4 is 10.1 Å². The number of esters is 1. The van der Waals surface area contributed by atoms with Crippen LogP contribution in [-0.4, -0.2) is 76.5 Å². The number of Topliss-reactive ketones (excluding diaryl/α,β-unsaturated/α-hetero) is 1. The van der Waals surface area contributed by atoms with Crippen LogP contribution in [0, 0.1) is 0 Å². The van der Waals surface area contributed by atoms with E-state index >= 15 is 0 Å².